The fourth-order valence-corrected chi connectivity index (χ4v) is 8.93. The molecule has 0 bridgehead atoms. The number of hydrogen-bond acceptors (Lipinski definition) is 16. The Balaban J connectivity index is 1.33. The zero-order chi connectivity index (χ0) is 43.9. The number of ether oxygens (including phenoxy) is 4. The van der Waals surface area contributed by atoms with Crippen LogP contribution in [0.3, 0.4) is 0 Å². The number of phenolic OH excluding ortho intramolecular Hbond substituents is 9. The van der Waals surface area contributed by atoms with E-state index in [4.69, 9.17) is 18.9 Å². The van der Waals surface area contributed by atoms with E-state index in [1.54, 1.807) is 6.07 Å². The van der Waals surface area contributed by atoms with Crippen LogP contribution in [0.25, 0.3) is 0 Å². The first kappa shape index (κ1) is 40.0. The van der Waals surface area contributed by atoms with Gasteiger partial charge in [0.2, 0.25) is 0 Å². The van der Waals surface area contributed by atoms with Gasteiger partial charge in [-0.25, -0.2) is 0 Å². The van der Waals surface area contributed by atoms with Crippen LogP contribution >= 0.6 is 0 Å². The fourth-order valence-electron chi connectivity index (χ4n) is 8.93. The smallest absolute Gasteiger partial charge is 0.160 e. The molecule has 0 saturated heterocycles. The third kappa shape index (κ3) is 6.43. The Morgan fingerprint density at radius 1 is 0.484 bits per heavy atom. The molecule has 3 heterocycles. The van der Waals surface area contributed by atoms with E-state index in [0.29, 0.717) is 16.7 Å². The van der Waals surface area contributed by atoms with Crippen LogP contribution < -0.4 is 18.9 Å². The van der Waals surface area contributed by atoms with Crippen molar-refractivity contribution < 1.29 is 80.2 Å². The van der Waals surface area contributed by atoms with Crippen molar-refractivity contribution in [1.82, 2.24) is 0 Å². The molecule has 3 aliphatic rings. The molecule has 0 aromatic heterocycles. The Morgan fingerprint density at radius 3 is 1.73 bits per heavy atom. The number of methoxy groups -OCH3 is 1. The predicted molar refractivity (Wildman–Crippen MR) is 216 cm³/mol. The van der Waals surface area contributed by atoms with E-state index in [9.17, 15) is 61.3 Å². The predicted octanol–water partition coefficient (Wildman–Crippen LogP) is 5.34. The monoisotopic (exact) mass is 848 g/mol. The molecule has 0 radical (unpaired) electrons. The van der Waals surface area contributed by atoms with Gasteiger partial charge in [0, 0.05) is 52.6 Å². The van der Waals surface area contributed by atoms with Gasteiger partial charge in [0.15, 0.2) is 46.7 Å². The molecule has 9 rings (SSSR count). The van der Waals surface area contributed by atoms with Crippen LogP contribution in [0.1, 0.15) is 74.7 Å². The molecule has 62 heavy (non-hydrogen) atoms. The Hall–Kier alpha value is -7.40. The van der Waals surface area contributed by atoms with Gasteiger partial charge >= 0.3 is 0 Å². The van der Waals surface area contributed by atoms with Gasteiger partial charge in [-0.2, -0.15) is 0 Å². The first-order valence-electron chi connectivity index (χ1n) is 19.4. The van der Waals surface area contributed by atoms with Gasteiger partial charge in [-0.15, -0.1) is 0 Å². The van der Waals surface area contributed by atoms with Crippen molar-refractivity contribution in [3.05, 3.63) is 136 Å². The minimum Gasteiger partial charge on any atom is -0.508 e. The molecule has 6 aromatic rings. The van der Waals surface area contributed by atoms with Crippen molar-refractivity contribution in [1.29, 1.82) is 0 Å². The van der Waals surface area contributed by atoms with Crippen LogP contribution in [0.4, 0.5) is 0 Å². The SMILES string of the molecule is COc1ccc([C@H]2Oc3c(c(O)c([C@H]4Oc5cc(O)ccc5[C@H](c5ccc(O)c(O)c5)[C@H]4O)c4c3[C@@H](c3ccc(O)cc3O)[C@H](O)[C@H](c3ccc(O)c(O)c3)O4)C[C@@H]2O)cc1O. The molecule has 0 spiro atoms. The average molecular weight is 849 g/mol. The minimum absolute atomic E-state index is 0.00786. The van der Waals surface area contributed by atoms with Crippen LogP contribution in [0.15, 0.2) is 91.0 Å². The zero-order valence-electron chi connectivity index (χ0n) is 32.5. The highest BCUT2D eigenvalue weighted by Gasteiger charge is 2.51. The van der Waals surface area contributed by atoms with Crippen LogP contribution in [0.2, 0.25) is 0 Å². The number of aromatic hydroxyl groups is 9. The summed E-state index contributed by atoms with van der Waals surface area (Å²) in [5.74, 6) is -6.41. The molecule has 6 aromatic carbocycles. The maximum absolute atomic E-state index is 12.6. The molecule has 3 aliphatic heterocycles. The molecular formula is C46H40O16. The molecule has 12 N–H and O–H groups in total. The molecule has 0 unspecified atom stereocenters. The summed E-state index contributed by atoms with van der Waals surface area (Å²) in [5, 5.41) is 134. The highest BCUT2D eigenvalue weighted by molar-refractivity contribution is 5.70. The van der Waals surface area contributed by atoms with Gasteiger partial charge < -0.3 is 80.2 Å². The number of hydrogen-bond donors (Lipinski definition) is 12. The first-order valence-corrected chi connectivity index (χ1v) is 19.4. The minimum atomic E-state index is -1.68. The lowest BCUT2D eigenvalue weighted by molar-refractivity contribution is -0.0148. The van der Waals surface area contributed by atoms with Gasteiger partial charge in [-0.3, -0.25) is 0 Å². The molecule has 8 atom stereocenters. The second-order valence-corrected chi connectivity index (χ2v) is 15.5. The van der Waals surface area contributed by atoms with E-state index in [2.05, 4.69) is 0 Å². The van der Waals surface area contributed by atoms with Crippen LogP contribution in [-0.4, -0.2) is 86.7 Å². The second kappa shape index (κ2) is 14.9. The molecule has 320 valence electrons. The summed E-state index contributed by atoms with van der Waals surface area (Å²) >= 11 is 0. The average Bonchev–Trinajstić information content (AvgIpc) is 3.23. The Morgan fingerprint density at radius 2 is 1.06 bits per heavy atom. The zero-order valence-corrected chi connectivity index (χ0v) is 32.5. The molecule has 0 saturated carbocycles. The van der Waals surface area contributed by atoms with Crippen molar-refractivity contribution in [3.63, 3.8) is 0 Å². The van der Waals surface area contributed by atoms with Crippen LogP contribution in [0, 0.1) is 0 Å². The summed E-state index contributed by atoms with van der Waals surface area (Å²) in [6.07, 6.45) is -9.34. The van der Waals surface area contributed by atoms with E-state index >= 15 is 0 Å². The largest absolute Gasteiger partial charge is 0.508 e. The maximum Gasteiger partial charge on any atom is 0.160 e. The topological polar surface area (TPSA) is 280 Å². The van der Waals surface area contributed by atoms with Crippen molar-refractivity contribution in [2.45, 2.75) is 54.9 Å². The number of aliphatic hydroxyl groups excluding tert-OH is 3. The van der Waals surface area contributed by atoms with E-state index in [-0.39, 0.29) is 74.5 Å². The summed E-state index contributed by atoms with van der Waals surface area (Å²) in [6, 6.07) is 19.8. The van der Waals surface area contributed by atoms with Gasteiger partial charge in [0.25, 0.3) is 0 Å². The normalized spacial score (nSPS) is 23.7. The number of aliphatic hydroxyl groups is 3. The van der Waals surface area contributed by atoms with Gasteiger partial charge in [0.05, 0.1) is 18.8 Å². The van der Waals surface area contributed by atoms with Crippen molar-refractivity contribution in [2.24, 2.45) is 0 Å². The third-order valence-corrected chi connectivity index (χ3v) is 11.9. The van der Waals surface area contributed by atoms with Crippen molar-refractivity contribution in [3.8, 4) is 74.7 Å². The van der Waals surface area contributed by atoms with Gasteiger partial charge in [0.1, 0.15) is 58.6 Å². The summed E-state index contributed by atoms with van der Waals surface area (Å²) in [4.78, 5) is 0. The number of benzene rings is 6. The molecule has 0 fully saturated rings. The first-order chi connectivity index (χ1) is 29.6. The molecule has 16 heteroatoms. The number of phenols is 9. The van der Waals surface area contributed by atoms with Crippen LogP contribution in [0.5, 0.6) is 74.7 Å². The molecule has 0 amide bonds. The van der Waals surface area contributed by atoms with Gasteiger partial charge in [-0.05, 0) is 65.2 Å². The second-order valence-electron chi connectivity index (χ2n) is 15.5. The van der Waals surface area contributed by atoms with E-state index in [1.807, 2.05) is 0 Å². The summed E-state index contributed by atoms with van der Waals surface area (Å²) in [5.41, 5.74) is 0.816. The molecule has 16 nitrogen and oxygen atoms in total. The van der Waals surface area contributed by atoms with Crippen molar-refractivity contribution in [2.75, 3.05) is 7.11 Å². The number of rotatable bonds is 6. The maximum atomic E-state index is 12.6. The summed E-state index contributed by atoms with van der Waals surface area (Å²) < 4.78 is 24.9. The molecule has 0 aliphatic carbocycles. The lowest BCUT2D eigenvalue weighted by Crippen LogP contribution is -2.40. The Labute approximate surface area is 351 Å². The lowest BCUT2D eigenvalue weighted by atomic mass is 9.74. The fraction of sp³-hybridized carbons (Fsp3) is 0.217. The lowest BCUT2D eigenvalue weighted by Gasteiger charge is -2.44. The van der Waals surface area contributed by atoms with Crippen molar-refractivity contribution >= 4 is 0 Å². The quantitative estimate of drug-likeness (QED) is 0.0943. The van der Waals surface area contributed by atoms with Gasteiger partial charge in [-0.1, -0.05) is 30.3 Å². The Bertz CT molecular complexity index is 2750. The van der Waals surface area contributed by atoms with E-state index in [0.717, 1.165) is 12.1 Å². The number of fused-ring (bicyclic) bond motifs is 4. The van der Waals surface area contributed by atoms with E-state index < -0.39 is 83.0 Å². The van der Waals surface area contributed by atoms with Crippen LogP contribution in [-0.2, 0) is 6.42 Å². The summed E-state index contributed by atoms with van der Waals surface area (Å²) in [7, 11) is 1.37. The van der Waals surface area contributed by atoms with E-state index in [1.165, 1.54) is 79.9 Å². The third-order valence-electron chi connectivity index (χ3n) is 11.9. The summed E-state index contributed by atoms with van der Waals surface area (Å²) in [6.45, 7) is 0. The molecular weight excluding hydrogens is 808 g/mol. The Kier molecular flexibility index (Phi) is 9.65. The standard InChI is InChI=1S/C46H40O16/c1-59-33-11-4-19(14-31(33)54)42-32(55)17-25-39(56)38(46-40(57)35(18-2-9-26(49)29(52)12-18)24-8-6-22(48)16-34(24)60-46)45-37(44(25)61-42)36(23-7-5-21(47)15-28(23)51)41(58)43(62-45)20-3-10-27(50)30(53)13-20/h2-16,32,35-36,40-43,46-58H,17H2,1H3/t32-,35-,36+,40+,41-,42+,43-,46+/m0/s1. The highest BCUT2D eigenvalue weighted by Crippen LogP contribution is 2.61. The highest BCUT2D eigenvalue weighted by atomic mass is 16.5.